The van der Waals surface area contributed by atoms with E-state index >= 15 is 0 Å². The summed E-state index contributed by atoms with van der Waals surface area (Å²) in [5.41, 5.74) is 1.58. The molecule has 0 spiro atoms. The number of halogens is 1. The average molecular weight is 421 g/mol. The van der Waals surface area contributed by atoms with Gasteiger partial charge in [0.25, 0.3) is 0 Å². The van der Waals surface area contributed by atoms with Crippen LogP contribution in [0.5, 0.6) is 11.5 Å². The van der Waals surface area contributed by atoms with Crippen molar-refractivity contribution in [2.24, 2.45) is 0 Å². The molecule has 1 heterocycles. The van der Waals surface area contributed by atoms with E-state index in [-0.39, 0.29) is 12.4 Å². The van der Waals surface area contributed by atoms with Gasteiger partial charge in [0.2, 0.25) is 0 Å². The minimum atomic E-state index is -0.463. The van der Waals surface area contributed by atoms with Crippen molar-refractivity contribution in [2.75, 3.05) is 13.7 Å². The summed E-state index contributed by atoms with van der Waals surface area (Å²) in [5.74, 6) is 0.847. The molecule has 0 unspecified atom stereocenters. The maximum atomic E-state index is 12.4. The number of methoxy groups -OCH3 is 1. The number of ketones is 1. The Kier molecular flexibility index (Phi) is 5.55. The Morgan fingerprint density at radius 3 is 2.53 bits per heavy atom. The van der Waals surface area contributed by atoms with Crippen molar-refractivity contribution in [3.8, 4) is 22.6 Å². The van der Waals surface area contributed by atoms with Gasteiger partial charge in [0.1, 0.15) is 17.1 Å². The van der Waals surface area contributed by atoms with Gasteiger partial charge in [0.05, 0.1) is 12.7 Å². The molecule has 0 radical (unpaired) electrons. The molecule has 0 bridgehead atoms. The fraction of sp³-hybridized carbons (Fsp3) is 0.0833. The number of carbonyl (C=O) groups excluding carboxylic acids is 1. The van der Waals surface area contributed by atoms with Gasteiger partial charge in [-0.25, -0.2) is 4.79 Å². The van der Waals surface area contributed by atoms with Gasteiger partial charge in [0.15, 0.2) is 12.4 Å². The van der Waals surface area contributed by atoms with Crippen LogP contribution in [0.2, 0.25) is 5.02 Å². The SMILES string of the molecule is COc1cccc(C(=O)COc2ccc3cc(-c4ccc(Cl)cc4)c(=O)oc3c2)c1. The van der Waals surface area contributed by atoms with E-state index in [1.165, 1.54) is 0 Å². The number of Topliss-reactive ketones (excluding diaryl/α,β-unsaturated/α-hetero) is 1. The second-order valence-electron chi connectivity index (χ2n) is 6.60. The first-order valence-electron chi connectivity index (χ1n) is 9.17. The summed E-state index contributed by atoms with van der Waals surface area (Å²) >= 11 is 5.91. The molecule has 1 aromatic heterocycles. The molecule has 0 saturated carbocycles. The topological polar surface area (TPSA) is 65.7 Å². The first-order valence-corrected chi connectivity index (χ1v) is 9.55. The van der Waals surface area contributed by atoms with Crippen LogP contribution in [0.3, 0.4) is 0 Å². The highest BCUT2D eigenvalue weighted by Gasteiger charge is 2.11. The Hall–Kier alpha value is -3.57. The molecular weight excluding hydrogens is 404 g/mol. The maximum Gasteiger partial charge on any atom is 0.344 e. The third-order valence-electron chi connectivity index (χ3n) is 4.62. The van der Waals surface area contributed by atoms with Gasteiger partial charge in [-0.2, -0.15) is 0 Å². The number of ether oxygens (including phenoxy) is 2. The van der Waals surface area contributed by atoms with Crippen molar-refractivity contribution in [3.63, 3.8) is 0 Å². The number of benzene rings is 3. The smallest absolute Gasteiger partial charge is 0.344 e. The summed E-state index contributed by atoms with van der Waals surface area (Å²) in [7, 11) is 1.54. The van der Waals surface area contributed by atoms with E-state index in [0.29, 0.717) is 33.2 Å². The standard InChI is InChI=1S/C24H17ClO5/c1-28-19-4-2-3-16(11-19)22(26)14-29-20-10-7-17-12-21(24(27)30-23(17)13-20)15-5-8-18(25)9-6-15/h2-13H,14H2,1H3. The molecule has 0 saturated heterocycles. The van der Waals surface area contributed by atoms with Crippen molar-refractivity contribution in [1.29, 1.82) is 0 Å². The molecule has 3 aromatic carbocycles. The molecule has 6 heteroatoms. The molecule has 0 N–H and O–H groups in total. The predicted molar refractivity (Wildman–Crippen MR) is 116 cm³/mol. The second kappa shape index (κ2) is 8.43. The van der Waals surface area contributed by atoms with E-state index in [2.05, 4.69) is 0 Å². The fourth-order valence-electron chi connectivity index (χ4n) is 3.04. The van der Waals surface area contributed by atoms with E-state index in [9.17, 15) is 9.59 Å². The summed E-state index contributed by atoms with van der Waals surface area (Å²) in [4.78, 5) is 24.8. The maximum absolute atomic E-state index is 12.4. The molecule has 4 rings (SSSR count). The summed E-state index contributed by atoms with van der Waals surface area (Å²) < 4.78 is 16.2. The molecule has 5 nitrogen and oxygen atoms in total. The lowest BCUT2D eigenvalue weighted by atomic mass is 10.1. The van der Waals surface area contributed by atoms with Crippen LogP contribution in [0.1, 0.15) is 10.4 Å². The number of hydrogen-bond acceptors (Lipinski definition) is 5. The van der Waals surface area contributed by atoms with Gasteiger partial charge in [0, 0.05) is 22.0 Å². The Morgan fingerprint density at radius 1 is 0.967 bits per heavy atom. The minimum absolute atomic E-state index is 0.147. The van der Waals surface area contributed by atoms with E-state index < -0.39 is 5.63 Å². The lowest BCUT2D eigenvalue weighted by molar-refractivity contribution is 0.0921. The molecule has 0 aliphatic rings. The van der Waals surface area contributed by atoms with Crippen LogP contribution < -0.4 is 15.1 Å². The van der Waals surface area contributed by atoms with E-state index in [1.807, 2.05) is 0 Å². The van der Waals surface area contributed by atoms with E-state index in [0.717, 1.165) is 10.9 Å². The number of rotatable bonds is 6. The van der Waals surface area contributed by atoms with E-state index in [1.54, 1.807) is 79.9 Å². The van der Waals surface area contributed by atoms with Crippen LogP contribution in [-0.2, 0) is 0 Å². The lowest BCUT2D eigenvalue weighted by Gasteiger charge is -2.08. The number of hydrogen-bond donors (Lipinski definition) is 0. The molecule has 0 atom stereocenters. The zero-order valence-electron chi connectivity index (χ0n) is 16.1. The Balaban J connectivity index is 1.55. The van der Waals surface area contributed by atoms with Crippen LogP contribution in [-0.4, -0.2) is 19.5 Å². The highest BCUT2D eigenvalue weighted by molar-refractivity contribution is 6.30. The van der Waals surface area contributed by atoms with E-state index in [4.69, 9.17) is 25.5 Å². The summed E-state index contributed by atoms with van der Waals surface area (Å²) in [5, 5.41) is 1.33. The fourth-order valence-corrected chi connectivity index (χ4v) is 3.17. The normalized spacial score (nSPS) is 10.7. The van der Waals surface area contributed by atoms with Gasteiger partial charge in [-0.1, -0.05) is 35.9 Å². The van der Waals surface area contributed by atoms with Gasteiger partial charge in [-0.3, -0.25) is 4.79 Å². The zero-order valence-corrected chi connectivity index (χ0v) is 16.8. The Morgan fingerprint density at radius 2 is 1.77 bits per heavy atom. The van der Waals surface area contributed by atoms with Crippen molar-refractivity contribution in [1.82, 2.24) is 0 Å². The molecular formula is C24H17ClO5. The van der Waals surface area contributed by atoms with Crippen molar-refractivity contribution >= 4 is 28.4 Å². The monoisotopic (exact) mass is 420 g/mol. The van der Waals surface area contributed by atoms with Crippen LogP contribution in [0, 0.1) is 0 Å². The largest absolute Gasteiger partial charge is 0.497 e. The van der Waals surface area contributed by atoms with Crippen LogP contribution >= 0.6 is 11.6 Å². The summed E-state index contributed by atoms with van der Waals surface area (Å²) in [6, 6.07) is 20.7. The molecule has 4 aromatic rings. The quantitative estimate of drug-likeness (QED) is 0.309. The van der Waals surface area contributed by atoms with Gasteiger partial charge in [-0.15, -0.1) is 0 Å². The molecule has 0 aliphatic carbocycles. The van der Waals surface area contributed by atoms with Crippen molar-refractivity contribution in [3.05, 3.63) is 93.8 Å². The third-order valence-corrected chi connectivity index (χ3v) is 4.88. The minimum Gasteiger partial charge on any atom is -0.497 e. The molecule has 0 fully saturated rings. The predicted octanol–water partition coefficient (Wildman–Crippen LogP) is 5.38. The Bertz CT molecular complexity index is 1280. The number of fused-ring (bicyclic) bond motifs is 1. The molecule has 150 valence electrons. The molecule has 0 aliphatic heterocycles. The van der Waals surface area contributed by atoms with Crippen molar-refractivity contribution in [2.45, 2.75) is 0 Å². The molecule has 0 amide bonds. The summed E-state index contributed by atoms with van der Waals surface area (Å²) in [6.07, 6.45) is 0. The highest BCUT2D eigenvalue weighted by atomic mass is 35.5. The number of carbonyl (C=O) groups is 1. The van der Waals surface area contributed by atoms with Crippen LogP contribution in [0.25, 0.3) is 22.1 Å². The molecule has 30 heavy (non-hydrogen) atoms. The van der Waals surface area contributed by atoms with Gasteiger partial charge >= 0.3 is 5.63 Å². The average Bonchev–Trinajstić information content (AvgIpc) is 2.77. The lowest BCUT2D eigenvalue weighted by Crippen LogP contribution is -2.11. The van der Waals surface area contributed by atoms with Gasteiger partial charge < -0.3 is 13.9 Å². The summed E-state index contributed by atoms with van der Waals surface area (Å²) in [6.45, 7) is -0.147. The van der Waals surface area contributed by atoms with Crippen LogP contribution in [0.15, 0.2) is 82.0 Å². The third kappa shape index (κ3) is 4.21. The van der Waals surface area contributed by atoms with Crippen molar-refractivity contribution < 1.29 is 18.7 Å². The van der Waals surface area contributed by atoms with Gasteiger partial charge in [-0.05, 0) is 48.0 Å². The first kappa shape index (κ1) is 19.7. The highest BCUT2D eigenvalue weighted by Crippen LogP contribution is 2.25. The zero-order chi connectivity index (χ0) is 21.1. The van der Waals surface area contributed by atoms with Crippen LogP contribution in [0.4, 0.5) is 0 Å². The first-order chi connectivity index (χ1) is 14.5. The Labute approximate surface area is 177 Å². The second-order valence-corrected chi connectivity index (χ2v) is 7.03.